The lowest BCUT2D eigenvalue weighted by molar-refractivity contribution is -0.862. The SMILES string of the molecule is C#[N+]CC(=O)OC(CCCCC)C(O)C/C=C/CC(=O)OC(COC(=O)C/C=C/CC(O)C(CCCCC)OC([CH2+])=O)COC(=O)C/C=C/CC(O)C(CCCCC)OC(=O)C[N+](C)(C)C.CN(C)C.[CH3+].[CH3+]. The Morgan fingerprint density at radius 3 is 1.24 bits per heavy atom. The number of aliphatic hydroxyl groups excluding tert-OH is 3. The van der Waals surface area contributed by atoms with Crippen molar-refractivity contribution in [2.24, 2.45) is 0 Å². The number of nitrogens with zero attached hydrogens (tertiary/aromatic N) is 3. The molecule has 0 bridgehead atoms. The lowest BCUT2D eigenvalue weighted by Crippen LogP contribution is -2.42. The van der Waals surface area contributed by atoms with Crippen LogP contribution in [0, 0.1) is 28.3 Å². The van der Waals surface area contributed by atoms with Crippen molar-refractivity contribution in [3.63, 3.8) is 0 Å². The second-order valence-electron chi connectivity index (χ2n) is 18.6. The smallest absolute Gasteiger partial charge is 0.461 e. The third-order valence-corrected chi connectivity index (χ3v) is 9.88. The molecule has 72 heavy (non-hydrogen) atoms. The highest BCUT2D eigenvalue weighted by atomic mass is 16.6. The molecular weight excluding hydrogens is 931 g/mol. The molecule has 0 aliphatic carbocycles. The molecule has 0 radical (unpaired) electrons. The highest BCUT2D eigenvalue weighted by Gasteiger charge is 2.27. The summed E-state index contributed by atoms with van der Waals surface area (Å²) < 4.78 is 32.7. The largest absolute Gasteiger partial charge is 0.493 e. The van der Waals surface area contributed by atoms with Crippen LogP contribution in [0.3, 0.4) is 0 Å². The fourth-order valence-electron chi connectivity index (χ4n) is 6.36. The fourth-order valence-corrected chi connectivity index (χ4v) is 6.36. The van der Waals surface area contributed by atoms with Gasteiger partial charge in [-0.05, 0) is 78.9 Å². The fraction of sp³-hybridized carbons (Fsp3) is 0.704. The van der Waals surface area contributed by atoms with Gasteiger partial charge in [-0.25, -0.2) is 9.59 Å². The molecule has 0 spiro atoms. The topological polar surface area (TPSA) is 226 Å². The van der Waals surface area contributed by atoms with Gasteiger partial charge < -0.3 is 53.1 Å². The Labute approximate surface area is 433 Å². The average Bonchev–Trinajstić information content (AvgIpc) is 3.27. The van der Waals surface area contributed by atoms with Crippen molar-refractivity contribution in [1.29, 1.82) is 0 Å². The molecular formula is C54H96N3O15+5. The molecule has 0 aromatic rings. The summed E-state index contributed by atoms with van der Waals surface area (Å²) in [7, 11) is 11.6. The van der Waals surface area contributed by atoms with Gasteiger partial charge in [-0.1, -0.05) is 101 Å². The third kappa shape index (κ3) is 44.8. The highest BCUT2D eigenvalue weighted by Crippen LogP contribution is 2.18. The molecule has 0 saturated carbocycles. The van der Waals surface area contributed by atoms with Crippen LogP contribution < -0.4 is 0 Å². The number of esters is 6. The monoisotopic (exact) mass is 1030 g/mol. The van der Waals surface area contributed by atoms with Crippen molar-refractivity contribution >= 4 is 35.8 Å². The molecule has 18 nitrogen and oxygen atoms in total. The van der Waals surface area contributed by atoms with Gasteiger partial charge in [-0.3, -0.25) is 14.4 Å². The van der Waals surface area contributed by atoms with Gasteiger partial charge in [0.2, 0.25) is 0 Å². The Hall–Kier alpha value is -5.06. The van der Waals surface area contributed by atoms with Crippen LogP contribution in [0.15, 0.2) is 36.5 Å². The molecule has 0 fully saturated rings. The van der Waals surface area contributed by atoms with Gasteiger partial charge in [0.15, 0.2) is 19.6 Å². The third-order valence-electron chi connectivity index (χ3n) is 9.88. The number of aliphatic hydroxyl groups is 3. The lowest BCUT2D eigenvalue weighted by Gasteiger charge is -2.26. The molecule has 7 unspecified atom stereocenters. The molecule has 0 amide bonds. The second-order valence-corrected chi connectivity index (χ2v) is 18.6. The maximum Gasteiger partial charge on any atom is 0.493 e. The average molecular weight is 1030 g/mol. The van der Waals surface area contributed by atoms with Gasteiger partial charge in [0.05, 0.1) is 58.7 Å². The molecule has 0 aliphatic heterocycles. The van der Waals surface area contributed by atoms with Gasteiger partial charge in [0.25, 0.3) is 6.57 Å². The maximum atomic E-state index is 12.9. The number of carbonyl (C=O) groups is 6. The molecule has 3 N–H and O–H groups in total. The van der Waals surface area contributed by atoms with E-state index in [1.165, 1.54) is 18.2 Å². The normalized spacial score (nSPS) is 14.2. The second kappa shape index (κ2) is 45.8. The zero-order valence-corrected chi connectivity index (χ0v) is 45.9. The Morgan fingerprint density at radius 2 is 0.903 bits per heavy atom. The molecule has 0 aliphatic rings. The van der Waals surface area contributed by atoms with Crippen molar-refractivity contribution in [3.8, 4) is 6.57 Å². The first-order chi connectivity index (χ1) is 33.1. The summed E-state index contributed by atoms with van der Waals surface area (Å²) in [4.78, 5) is 79.5. The first-order valence-corrected chi connectivity index (χ1v) is 24.8. The van der Waals surface area contributed by atoms with Crippen LogP contribution >= 0.6 is 0 Å². The van der Waals surface area contributed by atoms with Crippen molar-refractivity contribution in [3.05, 3.63) is 63.1 Å². The summed E-state index contributed by atoms with van der Waals surface area (Å²) in [6.07, 6.45) is 11.5. The molecule has 18 heteroatoms. The summed E-state index contributed by atoms with van der Waals surface area (Å²) in [5, 5.41) is 32.2. The summed E-state index contributed by atoms with van der Waals surface area (Å²) >= 11 is 0. The Morgan fingerprint density at radius 1 is 0.556 bits per heavy atom. The van der Waals surface area contributed by atoms with Gasteiger partial charge in [-0.15, -0.1) is 0 Å². The van der Waals surface area contributed by atoms with Crippen LogP contribution in [0.4, 0.5) is 0 Å². The van der Waals surface area contributed by atoms with E-state index in [-0.39, 0.29) is 66.5 Å². The van der Waals surface area contributed by atoms with Gasteiger partial charge in [0, 0.05) is 14.9 Å². The number of carbonyl (C=O) groups excluding carboxylic acids is 6. The van der Waals surface area contributed by atoms with Crippen molar-refractivity contribution < 1.29 is 77.0 Å². The zero-order chi connectivity index (χ0) is 53.3. The zero-order valence-electron chi connectivity index (χ0n) is 45.9. The molecule has 7 atom stereocenters. The quantitative estimate of drug-likeness (QED) is 0.0140. The molecule has 0 rings (SSSR count). The molecule has 0 saturated heterocycles. The summed E-state index contributed by atoms with van der Waals surface area (Å²) in [6.45, 7) is 13.3. The Bertz CT molecular complexity index is 1580. The van der Waals surface area contributed by atoms with E-state index in [0.717, 1.165) is 57.8 Å². The number of hydrogen-bond donors (Lipinski definition) is 3. The number of quaternary nitrogens is 1. The van der Waals surface area contributed by atoms with E-state index in [0.29, 0.717) is 23.7 Å². The van der Waals surface area contributed by atoms with Gasteiger partial charge in [-0.2, -0.15) is 4.79 Å². The molecule has 0 heterocycles. The van der Waals surface area contributed by atoms with Crippen LogP contribution in [0.25, 0.3) is 4.85 Å². The van der Waals surface area contributed by atoms with Crippen molar-refractivity contribution in [2.75, 3.05) is 68.6 Å². The van der Waals surface area contributed by atoms with Gasteiger partial charge in [0.1, 0.15) is 31.5 Å². The van der Waals surface area contributed by atoms with E-state index in [1.807, 2.05) is 68.0 Å². The van der Waals surface area contributed by atoms with E-state index in [4.69, 9.17) is 35.0 Å². The van der Waals surface area contributed by atoms with Crippen LogP contribution in [0.2, 0.25) is 0 Å². The predicted octanol–water partition coefficient (Wildman–Crippen LogP) is 7.13. The van der Waals surface area contributed by atoms with E-state index in [2.05, 4.69) is 11.8 Å². The van der Waals surface area contributed by atoms with E-state index < -0.39 is 91.8 Å². The number of rotatable bonds is 38. The summed E-state index contributed by atoms with van der Waals surface area (Å²) in [5.41, 5.74) is 0. The van der Waals surface area contributed by atoms with Crippen molar-refractivity contribution in [2.45, 2.75) is 179 Å². The number of hydrogen-bond acceptors (Lipinski definition) is 16. The summed E-state index contributed by atoms with van der Waals surface area (Å²) in [5.74, 6) is -3.96. The summed E-state index contributed by atoms with van der Waals surface area (Å²) in [6, 6.07) is 0. The van der Waals surface area contributed by atoms with Crippen molar-refractivity contribution in [1.82, 2.24) is 4.90 Å². The van der Waals surface area contributed by atoms with E-state index in [9.17, 15) is 44.1 Å². The first-order valence-electron chi connectivity index (χ1n) is 24.8. The van der Waals surface area contributed by atoms with Crippen LogP contribution in [-0.4, -0.2) is 172 Å². The van der Waals surface area contributed by atoms with Crippen LogP contribution in [0.1, 0.15) is 136 Å². The highest BCUT2D eigenvalue weighted by molar-refractivity contribution is 5.74. The molecule has 412 valence electrons. The Kier molecular flexibility index (Phi) is 46.7. The number of unbranched alkanes of at least 4 members (excludes halogenated alkanes) is 6. The standard InChI is InChI=1S/C49H81N2O15.C3H9N.2CH3/c1-9-12-15-27-42(63-37(4)52)39(53)24-18-21-30-45(56)61-35-38(64-47(58)32-23-20-26-40(54)43(28-16-13-10-2)65-48(59)33-50-5)36-62-46(57)31-22-19-25-41(55)44(29-17-14-11-3)66-49(60)34-51(6,7)8;1-4(2)3;;/h5,18-23,38-44,53-55H,4,9-17,24-36H2,1-3,6-8H3;1-3H3;2*1H3/q+3;;2*+1/b21-18+,22-19+,23-20+;;;. The number of ether oxygens (including phenoxy) is 6. The van der Waals surface area contributed by atoms with E-state index in [1.54, 1.807) is 18.2 Å². The van der Waals surface area contributed by atoms with Gasteiger partial charge >= 0.3 is 42.4 Å². The molecule has 0 aromatic heterocycles. The maximum absolute atomic E-state index is 12.9. The number of likely N-dealkylation sites (N-methyl/N-ethyl adjacent to an activating group) is 1. The Balaban J connectivity index is -0.00000370. The van der Waals surface area contributed by atoms with Crippen LogP contribution in [0.5, 0.6) is 0 Å². The predicted molar refractivity (Wildman–Crippen MR) is 281 cm³/mol. The van der Waals surface area contributed by atoms with E-state index >= 15 is 0 Å². The minimum atomic E-state index is -1.19. The lowest BCUT2D eigenvalue weighted by atomic mass is 10.0. The molecule has 0 aromatic carbocycles. The minimum Gasteiger partial charge on any atom is -0.461 e. The minimum absolute atomic E-state index is 0. The van der Waals surface area contributed by atoms with Crippen LogP contribution in [-0.2, 0) is 57.2 Å². The first kappa shape index (κ1) is 73.5.